The molecular weight excluding hydrogens is 400 g/mol. The summed E-state index contributed by atoms with van der Waals surface area (Å²) in [6.07, 6.45) is 3.80. The molecule has 1 atom stereocenters. The van der Waals surface area contributed by atoms with Crippen molar-refractivity contribution >= 4 is 11.6 Å². The highest BCUT2D eigenvalue weighted by atomic mass is 19.1. The van der Waals surface area contributed by atoms with Crippen molar-refractivity contribution in [2.45, 2.75) is 31.7 Å². The van der Waals surface area contributed by atoms with E-state index in [-0.39, 0.29) is 5.69 Å². The zero-order valence-electron chi connectivity index (χ0n) is 17.4. The number of nitrogens with zero attached hydrogens (tertiary/aromatic N) is 4. The average molecular weight is 425 g/mol. The van der Waals surface area contributed by atoms with Gasteiger partial charge in [-0.15, -0.1) is 5.10 Å². The van der Waals surface area contributed by atoms with E-state index in [1.807, 2.05) is 6.07 Å². The summed E-state index contributed by atoms with van der Waals surface area (Å²) in [5.74, 6) is -0.453. The number of halogens is 2. The summed E-state index contributed by atoms with van der Waals surface area (Å²) >= 11 is 0. The van der Waals surface area contributed by atoms with Crippen LogP contribution >= 0.6 is 0 Å². The number of piperidine rings is 1. The van der Waals surface area contributed by atoms with Gasteiger partial charge >= 0.3 is 0 Å². The molecule has 1 unspecified atom stereocenters. The van der Waals surface area contributed by atoms with E-state index in [2.05, 4.69) is 39.4 Å². The van der Waals surface area contributed by atoms with Gasteiger partial charge in [0.1, 0.15) is 18.0 Å². The van der Waals surface area contributed by atoms with Gasteiger partial charge in [0, 0.05) is 18.3 Å². The molecule has 0 saturated carbocycles. The van der Waals surface area contributed by atoms with Crippen LogP contribution in [-0.2, 0) is 4.74 Å². The Morgan fingerprint density at radius 2 is 1.87 bits per heavy atom. The highest BCUT2D eigenvalue weighted by Crippen LogP contribution is 2.32. The van der Waals surface area contributed by atoms with Gasteiger partial charge in [0.05, 0.1) is 24.9 Å². The average Bonchev–Trinajstić information content (AvgIpc) is 3.14. The first-order valence-corrected chi connectivity index (χ1v) is 10.6. The normalized spacial score (nSPS) is 19.9. The molecule has 2 saturated heterocycles. The molecule has 6 nitrogen and oxygen atoms in total. The van der Waals surface area contributed by atoms with Gasteiger partial charge in [-0.2, -0.15) is 4.98 Å². The molecule has 5 rings (SSSR count). The first-order valence-electron chi connectivity index (χ1n) is 10.6. The summed E-state index contributed by atoms with van der Waals surface area (Å²) in [5, 5.41) is 7.56. The van der Waals surface area contributed by atoms with Crippen LogP contribution in [0.4, 0.5) is 20.4 Å². The third kappa shape index (κ3) is 4.45. The number of aryl methyl sites for hydroxylation is 1. The summed E-state index contributed by atoms with van der Waals surface area (Å²) in [7, 11) is 0. The number of hydrogen-bond donors (Lipinski definition) is 1. The minimum absolute atomic E-state index is 0.283. The van der Waals surface area contributed by atoms with Crippen molar-refractivity contribution in [3.63, 3.8) is 0 Å². The van der Waals surface area contributed by atoms with Gasteiger partial charge in [0.15, 0.2) is 0 Å². The minimum atomic E-state index is -0.654. The molecule has 2 aliphatic rings. The first-order chi connectivity index (χ1) is 15.0. The third-order valence-electron chi connectivity index (χ3n) is 6.02. The van der Waals surface area contributed by atoms with Gasteiger partial charge in [-0.05, 0) is 67.6 Å². The van der Waals surface area contributed by atoms with Crippen molar-refractivity contribution in [3.8, 4) is 5.69 Å². The van der Waals surface area contributed by atoms with E-state index in [4.69, 9.17) is 4.74 Å². The lowest BCUT2D eigenvalue weighted by Gasteiger charge is -2.42. The van der Waals surface area contributed by atoms with Crippen LogP contribution in [0.5, 0.6) is 0 Å². The predicted octanol–water partition coefficient (Wildman–Crippen LogP) is 4.18. The molecule has 0 amide bonds. The van der Waals surface area contributed by atoms with Crippen LogP contribution in [0.1, 0.15) is 29.9 Å². The molecule has 0 radical (unpaired) electrons. The van der Waals surface area contributed by atoms with E-state index in [9.17, 15) is 8.78 Å². The Balaban J connectivity index is 1.33. The summed E-state index contributed by atoms with van der Waals surface area (Å²) in [5.41, 5.74) is 3.65. The number of nitrogens with one attached hydrogen (secondary N) is 1. The first kappa shape index (κ1) is 20.1. The number of aromatic nitrogens is 3. The van der Waals surface area contributed by atoms with Gasteiger partial charge < -0.3 is 10.1 Å². The summed E-state index contributed by atoms with van der Waals surface area (Å²) in [4.78, 5) is 6.80. The lowest BCUT2D eigenvalue weighted by molar-refractivity contribution is -0.0721. The van der Waals surface area contributed by atoms with Crippen molar-refractivity contribution in [2.75, 3.05) is 31.6 Å². The second-order valence-electron chi connectivity index (χ2n) is 8.42. The molecular formula is C23H25F2N5O. The van der Waals surface area contributed by atoms with E-state index >= 15 is 0 Å². The van der Waals surface area contributed by atoms with E-state index in [1.54, 1.807) is 0 Å². The number of hydrogen-bond acceptors (Lipinski definition) is 5. The molecule has 2 aromatic carbocycles. The van der Waals surface area contributed by atoms with Crippen molar-refractivity contribution in [2.24, 2.45) is 0 Å². The highest BCUT2D eigenvalue weighted by Gasteiger charge is 2.31. The summed E-state index contributed by atoms with van der Waals surface area (Å²) < 4.78 is 33.7. The number of ether oxygens (including phenoxy) is 1. The fourth-order valence-corrected chi connectivity index (χ4v) is 4.41. The van der Waals surface area contributed by atoms with Gasteiger partial charge in [0.25, 0.3) is 0 Å². The monoisotopic (exact) mass is 425 g/mol. The van der Waals surface area contributed by atoms with Crippen molar-refractivity contribution in [1.82, 2.24) is 19.7 Å². The van der Waals surface area contributed by atoms with E-state index in [0.29, 0.717) is 17.9 Å². The second-order valence-corrected chi connectivity index (χ2v) is 8.42. The Labute approximate surface area is 179 Å². The van der Waals surface area contributed by atoms with Crippen molar-refractivity contribution in [3.05, 3.63) is 65.5 Å². The van der Waals surface area contributed by atoms with Crippen LogP contribution in [0.2, 0.25) is 0 Å². The van der Waals surface area contributed by atoms with E-state index < -0.39 is 11.6 Å². The molecule has 2 fully saturated rings. The number of benzene rings is 2. The van der Waals surface area contributed by atoms with Crippen LogP contribution in [0.15, 0.2) is 42.7 Å². The largest absolute Gasteiger partial charge is 0.378 e. The Hall–Kier alpha value is -2.84. The van der Waals surface area contributed by atoms with Gasteiger partial charge in [-0.1, -0.05) is 6.07 Å². The molecule has 1 aromatic heterocycles. The van der Waals surface area contributed by atoms with Crippen LogP contribution in [-0.4, -0.2) is 52.0 Å². The molecule has 0 spiro atoms. The Morgan fingerprint density at radius 3 is 2.61 bits per heavy atom. The maximum atomic E-state index is 13.5. The van der Waals surface area contributed by atoms with Crippen LogP contribution in [0, 0.1) is 18.6 Å². The van der Waals surface area contributed by atoms with Gasteiger partial charge in [0.2, 0.25) is 5.95 Å². The third-order valence-corrected chi connectivity index (χ3v) is 6.02. The molecule has 0 bridgehead atoms. The topological polar surface area (TPSA) is 55.2 Å². The predicted molar refractivity (Wildman–Crippen MR) is 114 cm³/mol. The molecule has 0 aliphatic carbocycles. The van der Waals surface area contributed by atoms with Gasteiger partial charge in [-0.25, -0.2) is 13.5 Å². The molecule has 3 heterocycles. The lowest BCUT2D eigenvalue weighted by atomic mass is 9.88. The van der Waals surface area contributed by atoms with Crippen LogP contribution < -0.4 is 5.32 Å². The van der Waals surface area contributed by atoms with Crippen molar-refractivity contribution < 1.29 is 13.5 Å². The smallest absolute Gasteiger partial charge is 0.246 e. The maximum Gasteiger partial charge on any atom is 0.246 e. The number of likely N-dealkylation sites (tertiary alicyclic amines) is 1. The molecule has 31 heavy (non-hydrogen) atoms. The molecule has 8 heteroatoms. The molecule has 162 valence electrons. The summed E-state index contributed by atoms with van der Waals surface area (Å²) in [6, 6.07) is 10.3. The standard InChI is InChI=1S/C23H25F2N5O/c1-15-5-17(16-3-2-4-29(11-16)22-12-31-13-22)7-20(6-15)27-23-26-14-30(28-23)21-9-18(24)8-19(25)10-21/h5-10,14,16,22H,2-4,11-13H2,1H3,(H,27,28). The Bertz CT molecular complexity index is 1060. The SMILES string of the molecule is Cc1cc(Nc2ncn(-c3cc(F)cc(F)c3)n2)cc(C2CCCN(C3COC3)C2)c1. The Kier molecular flexibility index (Phi) is 5.41. The Morgan fingerprint density at radius 1 is 1.06 bits per heavy atom. The highest BCUT2D eigenvalue weighted by molar-refractivity contribution is 5.56. The van der Waals surface area contributed by atoms with Crippen LogP contribution in [0.3, 0.4) is 0 Å². The quantitative estimate of drug-likeness (QED) is 0.665. The van der Waals surface area contributed by atoms with E-state index in [1.165, 1.54) is 41.5 Å². The number of anilines is 2. The molecule has 3 aromatic rings. The fraction of sp³-hybridized carbons (Fsp3) is 0.391. The van der Waals surface area contributed by atoms with E-state index in [0.717, 1.165) is 43.6 Å². The maximum absolute atomic E-state index is 13.5. The minimum Gasteiger partial charge on any atom is -0.378 e. The van der Waals surface area contributed by atoms with Gasteiger partial charge in [-0.3, -0.25) is 4.90 Å². The number of rotatable bonds is 5. The molecule has 1 N–H and O–H groups in total. The molecule has 2 aliphatic heterocycles. The zero-order valence-corrected chi connectivity index (χ0v) is 17.4. The lowest BCUT2D eigenvalue weighted by Crippen LogP contribution is -2.52. The van der Waals surface area contributed by atoms with Crippen molar-refractivity contribution in [1.29, 1.82) is 0 Å². The fourth-order valence-electron chi connectivity index (χ4n) is 4.41. The van der Waals surface area contributed by atoms with Crippen LogP contribution in [0.25, 0.3) is 5.69 Å². The second kappa shape index (κ2) is 8.36. The summed E-state index contributed by atoms with van der Waals surface area (Å²) in [6.45, 7) is 5.96. The zero-order chi connectivity index (χ0) is 21.4.